The maximum Gasteiger partial charge on any atom is 0.258 e. The van der Waals surface area contributed by atoms with E-state index in [2.05, 4.69) is 5.32 Å². The number of para-hydroxylation sites is 1. The van der Waals surface area contributed by atoms with E-state index in [0.29, 0.717) is 23.9 Å². The topological polar surface area (TPSA) is 58.6 Å². The van der Waals surface area contributed by atoms with Gasteiger partial charge < -0.3 is 15.0 Å². The lowest BCUT2D eigenvalue weighted by atomic mass is 10.2. The standard InChI is InChI=1S/C19H18ClFN2O3/c20-16-3-1-2-4-17(16)26-12-18(24)22-15-9-19(25)23(11-15)10-13-5-7-14(21)8-6-13/h1-8,15H,9-12H2,(H,22,24)/t15-/m0/s1. The molecule has 0 spiro atoms. The molecule has 0 radical (unpaired) electrons. The Morgan fingerprint density at radius 2 is 1.96 bits per heavy atom. The predicted molar refractivity (Wildman–Crippen MR) is 95.3 cm³/mol. The molecule has 0 aliphatic carbocycles. The van der Waals surface area contributed by atoms with Crippen molar-refractivity contribution < 1.29 is 18.7 Å². The van der Waals surface area contributed by atoms with Crippen LogP contribution in [0, 0.1) is 5.82 Å². The van der Waals surface area contributed by atoms with Crippen molar-refractivity contribution in [1.29, 1.82) is 0 Å². The van der Waals surface area contributed by atoms with Gasteiger partial charge in [-0.05, 0) is 29.8 Å². The number of hydrogen-bond donors (Lipinski definition) is 1. The normalized spacial score (nSPS) is 16.6. The zero-order chi connectivity index (χ0) is 18.5. The van der Waals surface area contributed by atoms with Crippen molar-refractivity contribution in [3.63, 3.8) is 0 Å². The van der Waals surface area contributed by atoms with Gasteiger partial charge in [0.2, 0.25) is 5.91 Å². The van der Waals surface area contributed by atoms with Crippen LogP contribution in [0.1, 0.15) is 12.0 Å². The minimum Gasteiger partial charge on any atom is -0.482 e. The van der Waals surface area contributed by atoms with Gasteiger partial charge in [0.25, 0.3) is 5.91 Å². The molecular formula is C19H18ClFN2O3. The second-order valence-corrected chi connectivity index (χ2v) is 6.50. The van der Waals surface area contributed by atoms with Crippen molar-refractivity contribution >= 4 is 23.4 Å². The first kappa shape index (κ1) is 18.2. The molecule has 1 N–H and O–H groups in total. The highest BCUT2D eigenvalue weighted by molar-refractivity contribution is 6.32. The number of rotatable bonds is 6. The van der Waals surface area contributed by atoms with Crippen LogP contribution in [-0.2, 0) is 16.1 Å². The fourth-order valence-electron chi connectivity index (χ4n) is 2.81. The minimum atomic E-state index is -0.315. The summed E-state index contributed by atoms with van der Waals surface area (Å²) in [6.07, 6.45) is 0.235. The molecule has 3 rings (SSSR count). The fraction of sp³-hybridized carbons (Fsp3) is 0.263. The van der Waals surface area contributed by atoms with Gasteiger partial charge in [0.1, 0.15) is 11.6 Å². The largest absolute Gasteiger partial charge is 0.482 e. The Hall–Kier alpha value is -2.60. The number of nitrogens with one attached hydrogen (secondary N) is 1. The van der Waals surface area contributed by atoms with Crippen molar-refractivity contribution in [2.24, 2.45) is 0 Å². The van der Waals surface area contributed by atoms with E-state index < -0.39 is 0 Å². The zero-order valence-corrected chi connectivity index (χ0v) is 14.7. The lowest BCUT2D eigenvalue weighted by Crippen LogP contribution is -2.39. The SMILES string of the molecule is O=C(COc1ccccc1Cl)N[C@H]1CC(=O)N(Cc2ccc(F)cc2)C1. The molecule has 26 heavy (non-hydrogen) atoms. The van der Waals surface area contributed by atoms with E-state index in [-0.39, 0.29) is 36.7 Å². The summed E-state index contributed by atoms with van der Waals surface area (Å²) in [5.74, 6) is -0.243. The first-order chi connectivity index (χ1) is 12.5. The smallest absolute Gasteiger partial charge is 0.258 e. The Bertz CT molecular complexity index is 798. The number of halogens is 2. The number of amides is 2. The number of ether oxygens (including phenoxy) is 1. The van der Waals surface area contributed by atoms with E-state index in [1.165, 1.54) is 12.1 Å². The van der Waals surface area contributed by atoms with Gasteiger partial charge in [-0.15, -0.1) is 0 Å². The van der Waals surface area contributed by atoms with E-state index in [1.807, 2.05) is 0 Å². The quantitative estimate of drug-likeness (QED) is 0.843. The lowest BCUT2D eigenvalue weighted by Gasteiger charge is -2.17. The number of carbonyl (C=O) groups excluding carboxylic acids is 2. The van der Waals surface area contributed by atoms with Crippen LogP contribution in [0.15, 0.2) is 48.5 Å². The van der Waals surface area contributed by atoms with Crippen molar-refractivity contribution in [2.75, 3.05) is 13.2 Å². The third-order valence-corrected chi connectivity index (χ3v) is 4.37. The summed E-state index contributed by atoms with van der Waals surface area (Å²) in [4.78, 5) is 25.8. The molecule has 2 aromatic rings. The summed E-state index contributed by atoms with van der Waals surface area (Å²) < 4.78 is 18.3. The molecule has 1 aliphatic rings. The molecule has 0 unspecified atom stereocenters. The molecule has 5 nitrogen and oxygen atoms in total. The second kappa shape index (κ2) is 8.19. The van der Waals surface area contributed by atoms with Gasteiger partial charge in [0, 0.05) is 19.5 Å². The maximum absolute atomic E-state index is 13.0. The molecule has 136 valence electrons. The number of likely N-dealkylation sites (tertiary alicyclic amines) is 1. The second-order valence-electron chi connectivity index (χ2n) is 6.09. The Labute approximate surface area is 155 Å². The van der Waals surface area contributed by atoms with Crippen LogP contribution in [0.3, 0.4) is 0 Å². The van der Waals surface area contributed by atoms with Gasteiger partial charge in [-0.2, -0.15) is 0 Å². The van der Waals surface area contributed by atoms with Crippen LogP contribution >= 0.6 is 11.6 Å². The van der Waals surface area contributed by atoms with E-state index in [4.69, 9.17) is 16.3 Å². The molecule has 7 heteroatoms. The molecular weight excluding hydrogens is 359 g/mol. The number of benzene rings is 2. The molecule has 2 amide bonds. The van der Waals surface area contributed by atoms with Gasteiger partial charge in [-0.25, -0.2) is 4.39 Å². The number of nitrogens with zero attached hydrogens (tertiary/aromatic N) is 1. The Kier molecular flexibility index (Phi) is 5.73. The number of carbonyl (C=O) groups is 2. The summed E-state index contributed by atoms with van der Waals surface area (Å²) in [5, 5.41) is 3.23. The summed E-state index contributed by atoms with van der Waals surface area (Å²) in [6, 6.07) is 12.6. The molecule has 2 aromatic carbocycles. The molecule has 0 bridgehead atoms. The highest BCUT2D eigenvalue weighted by Crippen LogP contribution is 2.23. The van der Waals surface area contributed by atoms with Crippen molar-refractivity contribution in [1.82, 2.24) is 10.2 Å². The van der Waals surface area contributed by atoms with Crippen LogP contribution in [0.5, 0.6) is 5.75 Å². The predicted octanol–water partition coefficient (Wildman–Crippen LogP) is 2.78. The van der Waals surface area contributed by atoms with Crippen molar-refractivity contribution in [3.05, 3.63) is 64.9 Å². The molecule has 1 fully saturated rings. The highest BCUT2D eigenvalue weighted by atomic mass is 35.5. The molecule has 1 atom stereocenters. The van der Waals surface area contributed by atoms with Gasteiger partial charge in [0.15, 0.2) is 6.61 Å². The van der Waals surface area contributed by atoms with Crippen LogP contribution < -0.4 is 10.1 Å². The minimum absolute atomic E-state index is 0.0494. The van der Waals surface area contributed by atoms with Gasteiger partial charge in [-0.1, -0.05) is 35.9 Å². The third-order valence-electron chi connectivity index (χ3n) is 4.06. The maximum atomic E-state index is 13.0. The monoisotopic (exact) mass is 376 g/mol. The molecule has 1 saturated heterocycles. The lowest BCUT2D eigenvalue weighted by molar-refractivity contribution is -0.128. The van der Waals surface area contributed by atoms with Crippen LogP contribution in [-0.4, -0.2) is 35.9 Å². The molecule has 1 heterocycles. The molecule has 0 saturated carbocycles. The van der Waals surface area contributed by atoms with Gasteiger partial charge in [-0.3, -0.25) is 9.59 Å². The summed E-state index contributed by atoms with van der Waals surface area (Å²) in [7, 11) is 0. The fourth-order valence-corrected chi connectivity index (χ4v) is 3.00. The van der Waals surface area contributed by atoms with Crippen molar-refractivity contribution in [2.45, 2.75) is 19.0 Å². The average molecular weight is 377 g/mol. The zero-order valence-electron chi connectivity index (χ0n) is 14.0. The van der Waals surface area contributed by atoms with E-state index in [9.17, 15) is 14.0 Å². The van der Waals surface area contributed by atoms with Gasteiger partial charge in [0.05, 0.1) is 11.1 Å². The van der Waals surface area contributed by atoms with E-state index in [0.717, 1.165) is 5.56 Å². The van der Waals surface area contributed by atoms with Crippen LogP contribution in [0.2, 0.25) is 5.02 Å². The first-order valence-corrected chi connectivity index (χ1v) is 8.58. The Morgan fingerprint density at radius 1 is 1.23 bits per heavy atom. The Balaban J connectivity index is 1.48. The first-order valence-electron chi connectivity index (χ1n) is 8.20. The average Bonchev–Trinajstić information content (AvgIpc) is 2.95. The van der Waals surface area contributed by atoms with Crippen molar-refractivity contribution in [3.8, 4) is 5.75 Å². The van der Waals surface area contributed by atoms with Gasteiger partial charge >= 0.3 is 0 Å². The van der Waals surface area contributed by atoms with E-state index in [1.54, 1.807) is 41.3 Å². The van der Waals surface area contributed by atoms with Crippen LogP contribution in [0.4, 0.5) is 4.39 Å². The molecule has 1 aliphatic heterocycles. The third kappa shape index (κ3) is 4.73. The molecule has 0 aromatic heterocycles. The van der Waals surface area contributed by atoms with E-state index >= 15 is 0 Å². The highest BCUT2D eigenvalue weighted by Gasteiger charge is 2.30. The number of hydrogen-bond acceptors (Lipinski definition) is 3. The Morgan fingerprint density at radius 3 is 2.69 bits per heavy atom. The summed E-state index contributed by atoms with van der Waals surface area (Å²) in [6.45, 7) is 0.627. The van der Waals surface area contributed by atoms with Crippen LogP contribution in [0.25, 0.3) is 0 Å². The summed E-state index contributed by atoms with van der Waals surface area (Å²) in [5.41, 5.74) is 0.841. The summed E-state index contributed by atoms with van der Waals surface area (Å²) >= 11 is 5.97.